The molecule has 1 aromatic carbocycles. The lowest BCUT2D eigenvalue weighted by molar-refractivity contribution is -0.626. The molecule has 3 aromatic rings. The molecule has 0 bridgehead atoms. The van der Waals surface area contributed by atoms with Gasteiger partial charge < -0.3 is 26.2 Å². The van der Waals surface area contributed by atoms with Crippen LogP contribution in [0, 0.1) is 5.21 Å². The molecular weight excluding hydrogens is 620 g/mol. The lowest BCUT2D eigenvalue weighted by atomic mass is 10.0. The summed E-state index contributed by atoms with van der Waals surface area (Å²) >= 11 is 10.8. The summed E-state index contributed by atoms with van der Waals surface area (Å²) in [7, 11) is 1.27. The molecule has 17 heteroatoms. The molecule has 4 heterocycles. The van der Waals surface area contributed by atoms with Gasteiger partial charge in [-0.2, -0.15) is 0 Å². The zero-order chi connectivity index (χ0) is 28.6. The third-order valence-corrected chi connectivity index (χ3v) is 10.4. The van der Waals surface area contributed by atoms with Crippen LogP contribution in [0.1, 0.15) is 5.69 Å². The SMILES string of the molecule is CON=C(C(=O)N[C@@H]1C(=O)N2C(C(=O)O)=C(CSc3scc(-c4ccc(Cl)cc4)[n+]3[O-])CS[C@@H]12)c1csc(N)n1. The summed E-state index contributed by atoms with van der Waals surface area (Å²) in [6.45, 7) is 0. The Hall–Kier alpha value is -3.31. The molecule has 12 nitrogen and oxygen atoms in total. The van der Waals surface area contributed by atoms with E-state index in [1.54, 1.807) is 29.6 Å². The average molecular weight is 639 g/mol. The van der Waals surface area contributed by atoms with Gasteiger partial charge in [-0.15, -0.1) is 27.8 Å². The van der Waals surface area contributed by atoms with Crippen LogP contribution in [0.3, 0.4) is 0 Å². The fourth-order valence-electron chi connectivity index (χ4n) is 4.04. The fourth-order valence-corrected chi connectivity index (χ4v) is 8.18. The first-order chi connectivity index (χ1) is 19.2. The first-order valence-corrected chi connectivity index (χ1v) is 15.5. The number of nitrogens with two attached hydrogens (primary N) is 1. The number of carboxylic acids is 1. The van der Waals surface area contributed by atoms with Gasteiger partial charge in [0.1, 0.15) is 29.9 Å². The minimum absolute atomic E-state index is 0.142. The summed E-state index contributed by atoms with van der Waals surface area (Å²) in [6.07, 6.45) is 0. The van der Waals surface area contributed by atoms with E-state index in [0.717, 1.165) is 16.1 Å². The molecule has 0 radical (unpaired) electrons. The average Bonchev–Trinajstić information content (AvgIpc) is 3.53. The van der Waals surface area contributed by atoms with Crippen molar-refractivity contribution in [2.45, 2.75) is 15.8 Å². The first kappa shape index (κ1) is 28.2. The number of hydrogen-bond donors (Lipinski definition) is 3. The number of rotatable bonds is 9. The van der Waals surface area contributed by atoms with Gasteiger partial charge in [-0.25, -0.2) is 9.78 Å². The number of anilines is 1. The van der Waals surface area contributed by atoms with Gasteiger partial charge in [0.05, 0.1) is 5.38 Å². The number of nitrogen functional groups attached to an aromatic ring is 1. The smallest absolute Gasteiger partial charge is 0.352 e. The standard InChI is InChI=1S/C23H19ClN6O6S4/c1-36-28-15(13-8-38-22(25)26-13)18(31)27-16-19(32)29-17(21(33)34)11(6-37-20(16)29)7-39-23-30(35)14(9-40-23)10-2-4-12(24)5-3-10/h2-5,8-9,16,20H,6-7H2,1H3,(H2,25,26)(H,27,31)(H,33,34)/t16-,20+/m1/s1. The van der Waals surface area contributed by atoms with Crippen molar-refractivity contribution < 1.29 is 29.1 Å². The van der Waals surface area contributed by atoms with Crippen LogP contribution in [0.5, 0.6) is 0 Å². The monoisotopic (exact) mass is 638 g/mol. The van der Waals surface area contributed by atoms with E-state index in [1.807, 2.05) is 0 Å². The summed E-state index contributed by atoms with van der Waals surface area (Å²) in [6, 6.07) is 5.92. The van der Waals surface area contributed by atoms with Crippen molar-refractivity contribution in [3.8, 4) is 11.3 Å². The molecule has 1 saturated heterocycles. The molecule has 2 atom stereocenters. The van der Waals surface area contributed by atoms with Gasteiger partial charge in [-0.3, -0.25) is 14.5 Å². The van der Waals surface area contributed by atoms with Crippen LogP contribution in [-0.4, -0.2) is 68.5 Å². The normalized spacial score (nSPS) is 18.8. The number of fused-ring (bicyclic) bond motifs is 1. The van der Waals surface area contributed by atoms with Crippen molar-refractivity contribution in [3.63, 3.8) is 0 Å². The number of β-lactam (4-membered cyclic amide) rings is 1. The highest BCUT2D eigenvalue weighted by Crippen LogP contribution is 2.42. The summed E-state index contributed by atoms with van der Waals surface area (Å²) in [5.41, 5.74) is 7.21. The second kappa shape index (κ2) is 11.7. The second-order valence-corrected chi connectivity index (χ2v) is 12.8. The van der Waals surface area contributed by atoms with Crippen LogP contribution in [0.15, 0.2) is 55.8 Å². The summed E-state index contributed by atoms with van der Waals surface area (Å²) in [4.78, 5) is 48.1. The Balaban J connectivity index is 1.30. The summed E-state index contributed by atoms with van der Waals surface area (Å²) in [5, 5.41) is 32.6. The predicted octanol–water partition coefficient (Wildman–Crippen LogP) is 2.62. The molecule has 2 aliphatic rings. The number of nitrogens with zero attached hydrogens (tertiary/aromatic N) is 4. The van der Waals surface area contributed by atoms with Gasteiger partial charge in [0.15, 0.2) is 10.8 Å². The van der Waals surface area contributed by atoms with E-state index in [9.17, 15) is 24.7 Å². The maximum atomic E-state index is 13.1. The maximum Gasteiger partial charge on any atom is 0.352 e. The Kier molecular flexibility index (Phi) is 8.23. The molecule has 4 N–H and O–H groups in total. The molecule has 2 aromatic heterocycles. The van der Waals surface area contributed by atoms with Gasteiger partial charge in [-0.05, 0) is 41.6 Å². The van der Waals surface area contributed by atoms with E-state index >= 15 is 0 Å². The van der Waals surface area contributed by atoms with E-state index in [0.29, 0.717) is 31.9 Å². The number of aromatic nitrogens is 2. The Labute approximate surface area is 248 Å². The number of oxime groups is 1. The maximum absolute atomic E-state index is 13.1. The molecule has 40 heavy (non-hydrogen) atoms. The van der Waals surface area contributed by atoms with E-state index < -0.39 is 29.2 Å². The molecule has 5 rings (SSSR count). The molecule has 0 aliphatic carbocycles. The fraction of sp³-hybridized carbons (Fsp3) is 0.217. The Morgan fingerprint density at radius 2 is 2.10 bits per heavy atom. The van der Waals surface area contributed by atoms with Gasteiger partial charge in [0.2, 0.25) is 5.69 Å². The Bertz CT molecular complexity index is 1560. The number of thiazole rings is 2. The number of amides is 2. The van der Waals surface area contributed by atoms with Gasteiger partial charge >= 0.3 is 10.3 Å². The number of benzene rings is 1. The third kappa shape index (κ3) is 5.36. The summed E-state index contributed by atoms with van der Waals surface area (Å²) in [5.74, 6) is -2.05. The van der Waals surface area contributed by atoms with E-state index in [4.69, 9.17) is 22.2 Å². The van der Waals surface area contributed by atoms with Crippen molar-refractivity contribution in [3.05, 3.63) is 62.2 Å². The second-order valence-electron chi connectivity index (χ2n) is 8.29. The lowest BCUT2D eigenvalue weighted by Crippen LogP contribution is -2.71. The highest BCUT2D eigenvalue weighted by molar-refractivity contribution is 8.01. The molecular formula is C23H19ClN6O6S4. The number of aliphatic carboxylic acids is 1. The molecule has 208 valence electrons. The zero-order valence-corrected chi connectivity index (χ0v) is 24.4. The third-order valence-electron chi connectivity index (χ3n) is 5.86. The van der Waals surface area contributed by atoms with Crippen molar-refractivity contribution in [2.24, 2.45) is 5.16 Å². The predicted molar refractivity (Wildman–Crippen MR) is 154 cm³/mol. The van der Waals surface area contributed by atoms with Gasteiger partial charge in [-0.1, -0.05) is 28.1 Å². The molecule has 2 amide bonds. The minimum Gasteiger partial charge on any atom is -0.617 e. The zero-order valence-electron chi connectivity index (χ0n) is 20.4. The van der Waals surface area contributed by atoms with Gasteiger partial charge in [0, 0.05) is 27.5 Å². The number of halogens is 1. The van der Waals surface area contributed by atoms with Crippen LogP contribution >= 0.6 is 57.8 Å². The molecule has 0 saturated carbocycles. The first-order valence-electron chi connectivity index (χ1n) is 11.3. The molecule has 0 unspecified atom stereocenters. The van der Waals surface area contributed by atoms with Crippen LogP contribution in [-0.2, 0) is 19.2 Å². The van der Waals surface area contributed by atoms with Crippen molar-refractivity contribution in [2.75, 3.05) is 24.3 Å². The van der Waals surface area contributed by atoms with E-state index in [-0.39, 0.29) is 28.0 Å². The van der Waals surface area contributed by atoms with Crippen molar-refractivity contribution >= 4 is 86.4 Å². The van der Waals surface area contributed by atoms with Crippen LogP contribution < -0.4 is 15.8 Å². The number of carboxylic acid groups (broad SMARTS) is 1. The Morgan fingerprint density at radius 3 is 2.75 bits per heavy atom. The number of carbonyl (C=O) groups excluding carboxylic acids is 2. The number of nitrogens with one attached hydrogen (secondary N) is 1. The molecule has 2 aliphatic heterocycles. The Morgan fingerprint density at radius 1 is 1.35 bits per heavy atom. The van der Waals surface area contributed by atoms with E-state index in [1.165, 1.54) is 52.3 Å². The summed E-state index contributed by atoms with van der Waals surface area (Å²) < 4.78 is 1.23. The molecule has 1 fully saturated rings. The number of thioether (sulfide) groups is 2. The van der Waals surface area contributed by atoms with E-state index in [2.05, 4.69) is 15.5 Å². The lowest BCUT2D eigenvalue weighted by Gasteiger charge is -2.49. The highest BCUT2D eigenvalue weighted by Gasteiger charge is 2.54. The molecule has 0 spiro atoms. The number of carbonyl (C=O) groups is 3. The van der Waals surface area contributed by atoms with Crippen molar-refractivity contribution in [1.82, 2.24) is 15.2 Å². The number of hydrogen-bond acceptors (Lipinski definition) is 12. The van der Waals surface area contributed by atoms with Crippen LogP contribution in [0.25, 0.3) is 11.3 Å². The largest absolute Gasteiger partial charge is 0.617 e. The van der Waals surface area contributed by atoms with Crippen LogP contribution in [0.4, 0.5) is 5.13 Å². The quantitative estimate of drug-likeness (QED) is 0.0789. The topological polar surface area (TPSA) is 174 Å². The minimum atomic E-state index is -1.26. The van der Waals surface area contributed by atoms with Gasteiger partial charge in [0.25, 0.3) is 11.8 Å². The van der Waals surface area contributed by atoms with Crippen LogP contribution in [0.2, 0.25) is 5.02 Å². The highest BCUT2D eigenvalue weighted by atomic mass is 35.5. The van der Waals surface area contributed by atoms with Crippen molar-refractivity contribution in [1.29, 1.82) is 0 Å².